The smallest absolute Gasteiger partial charge is 0.344 e. The third kappa shape index (κ3) is 4.80. The molecule has 2 aromatic carbocycles. The van der Waals surface area contributed by atoms with Gasteiger partial charge in [0.25, 0.3) is 11.8 Å². The van der Waals surface area contributed by atoms with E-state index in [1.54, 1.807) is 49.4 Å². The summed E-state index contributed by atoms with van der Waals surface area (Å²) in [5, 5.41) is 2.19. The van der Waals surface area contributed by atoms with Crippen molar-refractivity contribution < 1.29 is 28.7 Å². The van der Waals surface area contributed by atoms with Crippen molar-refractivity contribution in [3.63, 3.8) is 0 Å². The molecule has 1 N–H and O–H groups in total. The average Bonchev–Trinajstić information content (AvgIpc) is 2.73. The molecule has 31 heavy (non-hydrogen) atoms. The van der Waals surface area contributed by atoms with Crippen molar-refractivity contribution in [1.29, 1.82) is 0 Å². The molecule has 0 atom stereocenters. The molecule has 0 aromatic heterocycles. The zero-order valence-corrected chi connectivity index (χ0v) is 17.4. The van der Waals surface area contributed by atoms with E-state index in [9.17, 15) is 19.2 Å². The Labute approximate surface area is 179 Å². The summed E-state index contributed by atoms with van der Waals surface area (Å²) in [7, 11) is 0. The Morgan fingerprint density at radius 3 is 2.52 bits per heavy atom. The molecule has 1 aliphatic rings. The second kappa shape index (κ2) is 9.25. The Balaban J connectivity index is 1.93. The molecule has 1 saturated heterocycles. The summed E-state index contributed by atoms with van der Waals surface area (Å²) in [4.78, 5) is 50.4. The number of carbonyl (C=O) groups excluding carboxylic acids is 4. The van der Waals surface area contributed by atoms with Crippen LogP contribution in [0.15, 0.2) is 48.0 Å². The molecule has 8 nitrogen and oxygen atoms in total. The number of hydrogen-bond donors (Lipinski definition) is 1. The minimum absolute atomic E-state index is 0.227. The second-order valence-electron chi connectivity index (χ2n) is 6.86. The number of aryl methyl sites for hydroxylation is 2. The molecule has 2 aromatic rings. The number of nitrogens with one attached hydrogen (secondary N) is 1. The lowest BCUT2D eigenvalue weighted by Gasteiger charge is -2.27. The second-order valence-corrected chi connectivity index (χ2v) is 6.86. The molecule has 0 radical (unpaired) electrons. The van der Waals surface area contributed by atoms with Crippen LogP contribution in [0.1, 0.15) is 23.6 Å². The molecule has 3 rings (SSSR count). The van der Waals surface area contributed by atoms with E-state index in [0.29, 0.717) is 17.0 Å². The third-order valence-corrected chi connectivity index (χ3v) is 4.72. The first kappa shape index (κ1) is 21.8. The van der Waals surface area contributed by atoms with Crippen LogP contribution in [0.2, 0.25) is 0 Å². The number of imide groups is 2. The van der Waals surface area contributed by atoms with Gasteiger partial charge in [0.15, 0.2) is 6.61 Å². The van der Waals surface area contributed by atoms with E-state index in [-0.39, 0.29) is 18.8 Å². The number of rotatable bonds is 6. The zero-order chi connectivity index (χ0) is 22.5. The Morgan fingerprint density at radius 1 is 1.06 bits per heavy atom. The number of hydrogen-bond acceptors (Lipinski definition) is 6. The van der Waals surface area contributed by atoms with Crippen LogP contribution < -0.4 is 15.0 Å². The topological polar surface area (TPSA) is 102 Å². The van der Waals surface area contributed by atoms with Gasteiger partial charge in [-0.1, -0.05) is 24.3 Å². The zero-order valence-electron chi connectivity index (χ0n) is 17.4. The quantitative estimate of drug-likeness (QED) is 0.436. The minimum Gasteiger partial charge on any atom is -0.481 e. The van der Waals surface area contributed by atoms with Crippen molar-refractivity contribution in [2.24, 2.45) is 0 Å². The van der Waals surface area contributed by atoms with Gasteiger partial charge in [-0.2, -0.15) is 0 Å². The first-order valence-electron chi connectivity index (χ1n) is 9.68. The van der Waals surface area contributed by atoms with Gasteiger partial charge in [0.05, 0.1) is 12.3 Å². The van der Waals surface area contributed by atoms with Crippen molar-refractivity contribution >= 4 is 35.6 Å². The van der Waals surface area contributed by atoms with E-state index in [4.69, 9.17) is 9.47 Å². The average molecular weight is 422 g/mol. The standard InChI is InChI=1S/C23H22N2O6/c1-4-30-20(26)13-31-19-8-6-5-7-16(19)12-18-21(27)24-23(29)25(22(18)28)17-10-9-14(2)15(3)11-17/h5-12H,4,13H2,1-3H3,(H,24,27,29). The van der Waals surface area contributed by atoms with Crippen LogP contribution in [0.25, 0.3) is 6.08 Å². The summed E-state index contributed by atoms with van der Waals surface area (Å²) in [6, 6.07) is 10.9. The van der Waals surface area contributed by atoms with Gasteiger partial charge in [0.1, 0.15) is 11.3 Å². The molecule has 1 fully saturated rings. The lowest BCUT2D eigenvalue weighted by atomic mass is 10.0. The van der Waals surface area contributed by atoms with Crippen LogP contribution in [-0.4, -0.2) is 37.0 Å². The highest BCUT2D eigenvalue weighted by molar-refractivity contribution is 6.39. The van der Waals surface area contributed by atoms with E-state index < -0.39 is 23.8 Å². The number of anilines is 1. The molecule has 1 aliphatic heterocycles. The van der Waals surface area contributed by atoms with E-state index in [0.717, 1.165) is 16.0 Å². The van der Waals surface area contributed by atoms with Gasteiger partial charge >= 0.3 is 12.0 Å². The Morgan fingerprint density at radius 2 is 1.81 bits per heavy atom. The predicted molar refractivity (Wildman–Crippen MR) is 113 cm³/mol. The summed E-state index contributed by atoms with van der Waals surface area (Å²) < 4.78 is 10.3. The maximum absolute atomic E-state index is 13.1. The molecule has 8 heteroatoms. The summed E-state index contributed by atoms with van der Waals surface area (Å²) in [5.41, 5.74) is 2.44. The third-order valence-electron chi connectivity index (χ3n) is 4.72. The number of carbonyl (C=O) groups is 4. The highest BCUT2D eigenvalue weighted by atomic mass is 16.6. The van der Waals surface area contributed by atoms with Gasteiger partial charge in [0, 0.05) is 5.56 Å². The number of barbiturate groups is 1. The summed E-state index contributed by atoms with van der Waals surface area (Å²) in [6.07, 6.45) is 1.33. The van der Waals surface area contributed by atoms with Crippen molar-refractivity contribution in [2.75, 3.05) is 18.1 Å². The summed E-state index contributed by atoms with van der Waals surface area (Å²) >= 11 is 0. The van der Waals surface area contributed by atoms with Gasteiger partial charge in [-0.15, -0.1) is 0 Å². The van der Waals surface area contributed by atoms with E-state index in [2.05, 4.69) is 5.32 Å². The Bertz CT molecular complexity index is 1090. The Hall–Kier alpha value is -3.94. The molecule has 160 valence electrons. The largest absolute Gasteiger partial charge is 0.481 e. The highest BCUT2D eigenvalue weighted by Crippen LogP contribution is 2.26. The van der Waals surface area contributed by atoms with Crippen LogP contribution in [0.4, 0.5) is 10.5 Å². The maximum Gasteiger partial charge on any atom is 0.344 e. The maximum atomic E-state index is 13.1. The fraction of sp³-hybridized carbons (Fsp3) is 0.217. The van der Waals surface area contributed by atoms with Gasteiger partial charge in [-0.05, 0) is 56.2 Å². The number of nitrogens with zero attached hydrogens (tertiary/aromatic N) is 1. The van der Waals surface area contributed by atoms with Crippen molar-refractivity contribution in [3.05, 3.63) is 64.7 Å². The number of ether oxygens (including phenoxy) is 2. The first-order valence-corrected chi connectivity index (χ1v) is 9.68. The van der Waals surface area contributed by atoms with Crippen molar-refractivity contribution in [2.45, 2.75) is 20.8 Å². The molecule has 4 amide bonds. The molecule has 0 unspecified atom stereocenters. The molecule has 0 saturated carbocycles. The predicted octanol–water partition coefficient (Wildman–Crippen LogP) is 2.91. The van der Waals surface area contributed by atoms with Crippen LogP contribution in [-0.2, 0) is 19.1 Å². The number of esters is 1. The number of amides is 4. The van der Waals surface area contributed by atoms with Gasteiger partial charge in [-0.25, -0.2) is 14.5 Å². The van der Waals surface area contributed by atoms with Crippen LogP contribution in [0.5, 0.6) is 5.75 Å². The number of para-hydroxylation sites is 1. The fourth-order valence-corrected chi connectivity index (χ4v) is 2.98. The molecular formula is C23H22N2O6. The lowest BCUT2D eigenvalue weighted by Crippen LogP contribution is -2.54. The summed E-state index contributed by atoms with van der Waals surface area (Å²) in [5.74, 6) is -1.81. The van der Waals surface area contributed by atoms with Crippen molar-refractivity contribution in [1.82, 2.24) is 5.32 Å². The van der Waals surface area contributed by atoms with Gasteiger partial charge in [-0.3, -0.25) is 14.9 Å². The van der Waals surface area contributed by atoms with Crippen LogP contribution in [0, 0.1) is 13.8 Å². The SMILES string of the molecule is CCOC(=O)COc1ccccc1C=C1C(=O)NC(=O)N(c2ccc(C)c(C)c2)C1=O. The monoisotopic (exact) mass is 422 g/mol. The van der Waals surface area contributed by atoms with Crippen molar-refractivity contribution in [3.8, 4) is 5.75 Å². The van der Waals surface area contributed by atoms with Gasteiger partial charge < -0.3 is 9.47 Å². The molecule has 0 spiro atoms. The van der Waals surface area contributed by atoms with Crippen LogP contribution in [0.3, 0.4) is 0 Å². The Kier molecular flexibility index (Phi) is 6.49. The van der Waals surface area contributed by atoms with Gasteiger partial charge in [0.2, 0.25) is 0 Å². The fourth-order valence-electron chi connectivity index (χ4n) is 2.98. The van der Waals surface area contributed by atoms with E-state index >= 15 is 0 Å². The molecule has 0 bridgehead atoms. The highest BCUT2D eigenvalue weighted by Gasteiger charge is 2.37. The van der Waals surface area contributed by atoms with E-state index in [1.165, 1.54) is 6.08 Å². The normalized spacial score (nSPS) is 15.1. The van der Waals surface area contributed by atoms with E-state index in [1.807, 2.05) is 13.8 Å². The molecular weight excluding hydrogens is 400 g/mol. The lowest BCUT2D eigenvalue weighted by molar-refractivity contribution is -0.145. The molecule has 1 heterocycles. The van der Waals surface area contributed by atoms with Crippen LogP contribution >= 0.6 is 0 Å². The summed E-state index contributed by atoms with van der Waals surface area (Å²) in [6.45, 7) is 5.38. The first-order chi connectivity index (χ1) is 14.8. The minimum atomic E-state index is -0.817. The molecule has 0 aliphatic carbocycles. The number of urea groups is 1. The number of benzene rings is 2.